The van der Waals surface area contributed by atoms with Gasteiger partial charge in [-0.05, 0) is 76.1 Å². The molecule has 0 spiro atoms. The minimum Gasteiger partial charge on any atom is -0.490 e. The van der Waals surface area contributed by atoms with Crippen LogP contribution in [-0.2, 0) is 11.4 Å². The number of carbonyl (C=O) groups is 2. The number of benzene rings is 2. The van der Waals surface area contributed by atoms with Gasteiger partial charge >= 0.3 is 0 Å². The molecular weight excluding hydrogens is 449 g/mol. The summed E-state index contributed by atoms with van der Waals surface area (Å²) >= 11 is 4.37. The van der Waals surface area contributed by atoms with Crippen LogP contribution in [0.25, 0.3) is 6.08 Å². The van der Waals surface area contributed by atoms with Crippen molar-refractivity contribution < 1.29 is 23.5 Å². The summed E-state index contributed by atoms with van der Waals surface area (Å²) in [5, 5.41) is -0.306. The number of halogens is 2. The largest absolute Gasteiger partial charge is 0.490 e. The standard InChI is InChI=1S/C20H17BrFNO4S/c1-3-26-16-9-13(10-17-19(24)23(2)20(25)28-17)8-15(21)18(16)27-11-12-4-6-14(22)7-5-12/h4-10H,3,11H2,1-2H3/b17-10-. The zero-order chi connectivity index (χ0) is 20.3. The minimum absolute atomic E-state index is 0.243. The van der Waals surface area contributed by atoms with Crippen molar-refractivity contribution in [3.63, 3.8) is 0 Å². The summed E-state index contributed by atoms with van der Waals surface area (Å²) in [6.45, 7) is 2.52. The molecule has 0 N–H and O–H groups in total. The van der Waals surface area contributed by atoms with Gasteiger partial charge in [-0.25, -0.2) is 4.39 Å². The first-order valence-electron chi connectivity index (χ1n) is 8.44. The van der Waals surface area contributed by atoms with Crippen LogP contribution in [0.4, 0.5) is 9.18 Å². The molecule has 1 heterocycles. The van der Waals surface area contributed by atoms with Crippen LogP contribution in [0.15, 0.2) is 45.8 Å². The number of rotatable bonds is 6. The molecule has 0 aliphatic carbocycles. The highest BCUT2D eigenvalue weighted by atomic mass is 79.9. The monoisotopic (exact) mass is 465 g/mol. The van der Waals surface area contributed by atoms with E-state index in [2.05, 4.69) is 15.9 Å². The third-order valence-electron chi connectivity index (χ3n) is 3.91. The second kappa shape index (κ2) is 8.79. The molecule has 2 aromatic rings. The van der Waals surface area contributed by atoms with Gasteiger partial charge in [-0.15, -0.1) is 0 Å². The molecule has 5 nitrogen and oxygen atoms in total. The Hall–Kier alpha value is -2.32. The Bertz CT molecular complexity index is 946. The summed E-state index contributed by atoms with van der Waals surface area (Å²) < 4.78 is 25.2. The molecule has 0 atom stereocenters. The highest BCUT2D eigenvalue weighted by molar-refractivity contribution is 9.10. The van der Waals surface area contributed by atoms with Gasteiger partial charge in [-0.3, -0.25) is 14.5 Å². The molecule has 1 aliphatic heterocycles. The Morgan fingerprint density at radius 1 is 1.18 bits per heavy atom. The normalized spacial score (nSPS) is 15.4. The molecule has 3 rings (SSSR count). The molecular formula is C20H17BrFNO4S. The predicted molar refractivity (Wildman–Crippen MR) is 110 cm³/mol. The van der Waals surface area contributed by atoms with Crippen LogP contribution >= 0.6 is 27.7 Å². The zero-order valence-corrected chi connectivity index (χ0v) is 17.6. The van der Waals surface area contributed by atoms with Gasteiger partial charge < -0.3 is 9.47 Å². The van der Waals surface area contributed by atoms with Crippen LogP contribution in [-0.4, -0.2) is 29.7 Å². The first-order chi connectivity index (χ1) is 13.4. The number of ether oxygens (including phenoxy) is 2. The lowest BCUT2D eigenvalue weighted by Gasteiger charge is -2.15. The van der Waals surface area contributed by atoms with E-state index in [1.54, 1.807) is 30.3 Å². The molecule has 28 heavy (non-hydrogen) atoms. The maximum atomic E-state index is 13.0. The van der Waals surface area contributed by atoms with E-state index >= 15 is 0 Å². The molecule has 0 radical (unpaired) electrons. The van der Waals surface area contributed by atoms with Crippen molar-refractivity contribution >= 4 is 44.9 Å². The minimum atomic E-state index is -0.333. The number of hydrogen-bond acceptors (Lipinski definition) is 5. The Labute approximate surface area is 174 Å². The Balaban J connectivity index is 1.86. The molecule has 0 unspecified atom stereocenters. The number of thioether (sulfide) groups is 1. The van der Waals surface area contributed by atoms with Crippen molar-refractivity contribution in [1.82, 2.24) is 4.90 Å². The van der Waals surface area contributed by atoms with E-state index in [9.17, 15) is 14.0 Å². The molecule has 2 amide bonds. The SMILES string of the molecule is CCOc1cc(/C=C2\SC(=O)N(C)C2=O)cc(Br)c1OCc1ccc(F)cc1. The van der Waals surface area contributed by atoms with E-state index in [1.165, 1.54) is 19.2 Å². The van der Waals surface area contributed by atoms with Gasteiger partial charge in [0.15, 0.2) is 11.5 Å². The van der Waals surface area contributed by atoms with Crippen LogP contribution in [0.2, 0.25) is 0 Å². The Morgan fingerprint density at radius 2 is 1.89 bits per heavy atom. The van der Waals surface area contributed by atoms with Gasteiger partial charge in [0.05, 0.1) is 16.0 Å². The van der Waals surface area contributed by atoms with Gasteiger partial charge in [0.25, 0.3) is 11.1 Å². The lowest BCUT2D eigenvalue weighted by Crippen LogP contribution is -2.22. The van der Waals surface area contributed by atoms with Crippen molar-refractivity contribution in [1.29, 1.82) is 0 Å². The van der Waals surface area contributed by atoms with Crippen molar-refractivity contribution in [3.05, 3.63) is 62.7 Å². The van der Waals surface area contributed by atoms with Crippen LogP contribution in [0.3, 0.4) is 0 Å². The molecule has 0 bridgehead atoms. The number of nitrogens with zero attached hydrogens (tertiary/aromatic N) is 1. The van der Waals surface area contributed by atoms with E-state index in [1.807, 2.05) is 6.92 Å². The summed E-state index contributed by atoms with van der Waals surface area (Å²) in [6, 6.07) is 9.59. The highest BCUT2D eigenvalue weighted by Crippen LogP contribution is 2.39. The molecule has 1 saturated heterocycles. The second-order valence-corrected chi connectivity index (χ2v) is 7.77. The molecule has 2 aromatic carbocycles. The van der Waals surface area contributed by atoms with E-state index in [-0.39, 0.29) is 23.6 Å². The van der Waals surface area contributed by atoms with Crippen LogP contribution in [0, 0.1) is 5.82 Å². The van der Waals surface area contributed by atoms with Crippen LogP contribution in [0.5, 0.6) is 11.5 Å². The Kier molecular flexibility index (Phi) is 6.41. The van der Waals surface area contributed by atoms with Crippen molar-refractivity contribution in [3.8, 4) is 11.5 Å². The molecule has 1 fully saturated rings. The van der Waals surface area contributed by atoms with Crippen molar-refractivity contribution in [2.24, 2.45) is 0 Å². The van der Waals surface area contributed by atoms with Gasteiger partial charge in [0.1, 0.15) is 12.4 Å². The van der Waals surface area contributed by atoms with E-state index < -0.39 is 0 Å². The number of hydrogen-bond donors (Lipinski definition) is 0. The summed E-state index contributed by atoms with van der Waals surface area (Å²) in [5.74, 6) is 0.370. The average molecular weight is 466 g/mol. The smallest absolute Gasteiger partial charge is 0.293 e. The van der Waals surface area contributed by atoms with Crippen molar-refractivity contribution in [2.75, 3.05) is 13.7 Å². The molecule has 8 heteroatoms. The topological polar surface area (TPSA) is 55.8 Å². The lowest BCUT2D eigenvalue weighted by molar-refractivity contribution is -0.121. The maximum Gasteiger partial charge on any atom is 0.293 e. The third kappa shape index (κ3) is 4.56. The lowest BCUT2D eigenvalue weighted by atomic mass is 10.1. The molecule has 1 aliphatic rings. The van der Waals surface area contributed by atoms with E-state index in [4.69, 9.17) is 9.47 Å². The predicted octanol–water partition coefficient (Wildman–Crippen LogP) is 5.23. The van der Waals surface area contributed by atoms with Gasteiger partial charge in [-0.1, -0.05) is 12.1 Å². The summed E-state index contributed by atoms with van der Waals surface area (Å²) in [4.78, 5) is 25.2. The first kappa shape index (κ1) is 20.4. The fraction of sp³-hybridized carbons (Fsp3) is 0.200. The second-order valence-electron chi connectivity index (χ2n) is 5.92. The molecule has 146 valence electrons. The first-order valence-corrected chi connectivity index (χ1v) is 10.0. The zero-order valence-electron chi connectivity index (χ0n) is 15.2. The highest BCUT2D eigenvalue weighted by Gasteiger charge is 2.31. The summed E-state index contributed by atoms with van der Waals surface area (Å²) in [6.07, 6.45) is 1.64. The maximum absolute atomic E-state index is 13.0. The van der Waals surface area contributed by atoms with E-state index in [0.717, 1.165) is 22.2 Å². The third-order valence-corrected chi connectivity index (χ3v) is 5.46. The van der Waals surface area contributed by atoms with Gasteiger partial charge in [0, 0.05) is 7.05 Å². The molecule has 0 saturated carbocycles. The van der Waals surface area contributed by atoms with Crippen molar-refractivity contribution in [2.45, 2.75) is 13.5 Å². The fourth-order valence-electron chi connectivity index (χ4n) is 2.51. The average Bonchev–Trinajstić information content (AvgIpc) is 2.89. The number of imide groups is 1. The summed E-state index contributed by atoms with van der Waals surface area (Å²) in [5.41, 5.74) is 1.51. The van der Waals surface area contributed by atoms with Gasteiger partial charge in [0.2, 0.25) is 0 Å². The number of amides is 2. The molecule has 0 aromatic heterocycles. The van der Waals surface area contributed by atoms with Crippen LogP contribution in [0.1, 0.15) is 18.1 Å². The van der Waals surface area contributed by atoms with Gasteiger partial charge in [-0.2, -0.15) is 0 Å². The van der Waals surface area contributed by atoms with Crippen LogP contribution < -0.4 is 9.47 Å². The number of carbonyl (C=O) groups excluding carboxylic acids is 2. The fourth-order valence-corrected chi connectivity index (χ4v) is 3.91. The number of likely N-dealkylation sites (N-methyl/N-ethyl adjacent to an activating group) is 1. The van der Waals surface area contributed by atoms with E-state index in [0.29, 0.717) is 33.0 Å². The quantitative estimate of drug-likeness (QED) is 0.546. The summed E-state index contributed by atoms with van der Waals surface area (Å²) in [7, 11) is 1.45. The Morgan fingerprint density at radius 3 is 2.50 bits per heavy atom.